The molecule has 0 aliphatic carbocycles. The molecule has 0 bridgehead atoms. The fraction of sp³-hybridized carbons (Fsp3) is 0.882. The van der Waals surface area contributed by atoms with E-state index in [9.17, 15) is 0 Å². The van der Waals surface area contributed by atoms with Crippen LogP contribution >= 0.6 is 0 Å². The standard InChI is InChI=1S/C17H35N/c1-6-8-11-17(7-2)13-16(5)10-9-12-18-14-15(3)4/h10,15,17-18H,6-9,11-14H2,1-5H3. The first-order chi connectivity index (χ1) is 8.60. The molecule has 0 spiro atoms. The number of hydrogen-bond donors (Lipinski definition) is 1. The molecule has 0 saturated carbocycles. The second-order valence-corrected chi connectivity index (χ2v) is 6.06. The summed E-state index contributed by atoms with van der Waals surface area (Å²) in [5.74, 6) is 1.67. The Kier molecular flexibility index (Phi) is 11.6. The Morgan fingerprint density at radius 2 is 1.94 bits per heavy atom. The summed E-state index contributed by atoms with van der Waals surface area (Å²) in [6.07, 6.45) is 10.4. The van der Waals surface area contributed by atoms with Gasteiger partial charge in [-0.25, -0.2) is 0 Å². The molecule has 0 rings (SSSR count). The van der Waals surface area contributed by atoms with Gasteiger partial charge in [-0.3, -0.25) is 0 Å². The van der Waals surface area contributed by atoms with Gasteiger partial charge in [-0.15, -0.1) is 0 Å². The Balaban J connectivity index is 3.73. The average molecular weight is 253 g/mol. The molecule has 1 unspecified atom stereocenters. The molecule has 18 heavy (non-hydrogen) atoms. The van der Waals surface area contributed by atoms with Crippen LogP contribution in [0.4, 0.5) is 0 Å². The number of nitrogens with one attached hydrogen (secondary N) is 1. The highest BCUT2D eigenvalue weighted by atomic mass is 14.8. The van der Waals surface area contributed by atoms with Crippen LogP contribution < -0.4 is 5.32 Å². The zero-order valence-corrected chi connectivity index (χ0v) is 13.4. The van der Waals surface area contributed by atoms with Crippen LogP contribution in [0.3, 0.4) is 0 Å². The van der Waals surface area contributed by atoms with Crippen molar-refractivity contribution in [1.29, 1.82) is 0 Å². The van der Waals surface area contributed by atoms with E-state index in [1.54, 1.807) is 5.57 Å². The van der Waals surface area contributed by atoms with Crippen molar-refractivity contribution in [3.63, 3.8) is 0 Å². The lowest BCUT2D eigenvalue weighted by Gasteiger charge is -2.14. The molecule has 0 fully saturated rings. The minimum atomic E-state index is 0.758. The van der Waals surface area contributed by atoms with Crippen molar-refractivity contribution >= 4 is 0 Å². The summed E-state index contributed by atoms with van der Waals surface area (Å²) in [6, 6.07) is 0. The van der Waals surface area contributed by atoms with E-state index in [1.807, 2.05) is 0 Å². The van der Waals surface area contributed by atoms with Crippen LogP contribution in [0.2, 0.25) is 0 Å². The van der Waals surface area contributed by atoms with E-state index in [0.29, 0.717) is 0 Å². The van der Waals surface area contributed by atoms with Gasteiger partial charge in [0.1, 0.15) is 0 Å². The predicted octanol–water partition coefficient (Wildman–Crippen LogP) is 5.17. The maximum Gasteiger partial charge on any atom is -0.00141 e. The third kappa shape index (κ3) is 10.8. The van der Waals surface area contributed by atoms with Gasteiger partial charge >= 0.3 is 0 Å². The molecular formula is C17H35N. The number of hydrogen-bond acceptors (Lipinski definition) is 1. The molecule has 1 nitrogen and oxygen atoms in total. The molecule has 0 aromatic carbocycles. The van der Waals surface area contributed by atoms with E-state index >= 15 is 0 Å². The molecule has 0 heterocycles. The summed E-state index contributed by atoms with van der Waals surface area (Å²) >= 11 is 0. The molecule has 0 aromatic heterocycles. The van der Waals surface area contributed by atoms with E-state index in [1.165, 1.54) is 38.5 Å². The summed E-state index contributed by atoms with van der Waals surface area (Å²) < 4.78 is 0. The normalized spacial score (nSPS) is 14.2. The Bertz CT molecular complexity index is 206. The maximum absolute atomic E-state index is 3.50. The topological polar surface area (TPSA) is 12.0 Å². The fourth-order valence-electron chi connectivity index (χ4n) is 2.29. The van der Waals surface area contributed by atoms with Crippen molar-refractivity contribution in [2.75, 3.05) is 13.1 Å². The Morgan fingerprint density at radius 3 is 2.50 bits per heavy atom. The minimum absolute atomic E-state index is 0.758. The van der Waals surface area contributed by atoms with Crippen molar-refractivity contribution < 1.29 is 0 Å². The van der Waals surface area contributed by atoms with Crippen molar-refractivity contribution in [2.45, 2.75) is 73.1 Å². The Hall–Kier alpha value is -0.300. The van der Waals surface area contributed by atoms with Crippen LogP contribution in [0.25, 0.3) is 0 Å². The molecule has 0 amide bonds. The molecule has 108 valence electrons. The van der Waals surface area contributed by atoms with Crippen LogP contribution in [0.5, 0.6) is 0 Å². The van der Waals surface area contributed by atoms with Gasteiger partial charge in [-0.05, 0) is 44.7 Å². The van der Waals surface area contributed by atoms with E-state index < -0.39 is 0 Å². The Labute approximate surface area is 115 Å². The first-order valence-corrected chi connectivity index (χ1v) is 7.96. The van der Waals surface area contributed by atoms with Crippen LogP contribution in [0.1, 0.15) is 73.1 Å². The monoisotopic (exact) mass is 253 g/mol. The molecule has 1 atom stereocenters. The van der Waals surface area contributed by atoms with Gasteiger partial charge in [0.15, 0.2) is 0 Å². The SMILES string of the molecule is CCCCC(CC)CC(C)=CCCNCC(C)C. The number of allylic oxidation sites excluding steroid dienone is 1. The molecule has 0 aliphatic heterocycles. The smallest absolute Gasteiger partial charge is 0.00141 e. The highest BCUT2D eigenvalue weighted by Crippen LogP contribution is 2.21. The molecular weight excluding hydrogens is 218 g/mol. The van der Waals surface area contributed by atoms with Gasteiger partial charge in [0, 0.05) is 0 Å². The van der Waals surface area contributed by atoms with Crippen molar-refractivity contribution in [2.24, 2.45) is 11.8 Å². The van der Waals surface area contributed by atoms with E-state index in [-0.39, 0.29) is 0 Å². The van der Waals surface area contributed by atoms with Crippen molar-refractivity contribution in [1.82, 2.24) is 5.32 Å². The first-order valence-electron chi connectivity index (χ1n) is 7.96. The van der Waals surface area contributed by atoms with Crippen LogP contribution in [-0.4, -0.2) is 13.1 Å². The number of unbranched alkanes of at least 4 members (excludes halogenated alkanes) is 1. The summed E-state index contributed by atoms with van der Waals surface area (Å²) in [5, 5.41) is 3.50. The average Bonchev–Trinajstić information content (AvgIpc) is 2.33. The third-order valence-electron chi connectivity index (χ3n) is 3.52. The maximum atomic E-state index is 3.50. The molecule has 1 heteroatoms. The lowest BCUT2D eigenvalue weighted by Crippen LogP contribution is -2.20. The van der Waals surface area contributed by atoms with Crippen LogP contribution in [0, 0.1) is 11.8 Å². The van der Waals surface area contributed by atoms with E-state index in [0.717, 1.165) is 24.9 Å². The van der Waals surface area contributed by atoms with Gasteiger partial charge < -0.3 is 5.32 Å². The third-order valence-corrected chi connectivity index (χ3v) is 3.52. The van der Waals surface area contributed by atoms with Gasteiger partial charge in [-0.2, -0.15) is 0 Å². The second kappa shape index (κ2) is 11.8. The highest BCUT2D eigenvalue weighted by Gasteiger charge is 2.06. The quantitative estimate of drug-likeness (QED) is 0.395. The highest BCUT2D eigenvalue weighted by molar-refractivity contribution is 4.99. The first kappa shape index (κ1) is 17.7. The Morgan fingerprint density at radius 1 is 1.22 bits per heavy atom. The van der Waals surface area contributed by atoms with Gasteiger partial charge in [0.2, 0.25) is 0 Å². The number of rotatable bonds is 11. The molecule has 0 radical (unpaired) electrons. The minimum Gasteiger partial charge on any atom is -0.316 e. The lowest BCUT2D eigenvalue weighted by atomic mass is 9.92. The van der Waals surface area contributed by atoms with Gasteiger partial charge in [-0.1, -0.05) is 65.0 Å². The lowest BCUT2D eigenvalue weighted by molar-refractivity contribution is 0.447. The van der Waals surface area contributed by atoms with Gasteiger partial charge in [0.05, 0.1) is 0 Å². The zero-order valence-electron chi connectivity index (χ0n) is 13.4. The molecule has 0 aliphatic rings. The van der Waals surface area contributed by atoms with Crippen molar-refractivity contribution in [3.05, 3.63) is 11.6 Å². The largest absolute Gasteiger partial charge is 0.316 e. The van der Waals surface area contributed by atoms with E-state index in [4.69, 9.17) is 0 Å². The summed E-state index contributed by atoms with van der Waals surface area (Å²) in [6.45, 7) is 13.7. The summed E-state index contributed by atoms with van der Waals surface area (Å²) in [7, 11) is 0. The van der Waals surface area contributed by atoms with E-state index in [2.05, 4.69) is 46.0 Å². The zero-order chi connectivity index (χ0) is 13.8. The van der Waals surface area contributed by atoms with Crippen LogP contribution in [0.15, 0.2) is 11.6 Å². The second-order valence-electron chi connectivity index (χ2n) is 6.06. The summed E-state index contributed by atoms with van der Waals surface area (Å²) in [4.78, 5) is 0. The molecule has 0 aromatic rings. The fourth-order valence-corrected chi connectivity index (χ4v) is 2.29. The predicted molar refractivity (Wildman–Crippen MR) is 84.0 cm³/mol. The van der Waals surface area contributed by atoms with Gasteiger partial charge in [0.25, 0.3) is 0 Å². The molecule has 0 saturated heterocycles. The van der Waals surface area contributed by atoms with Crippen LogP contribution in [-0.2, 0) is 0 Å². The summed E-state index contributed by atoms with van der Waals surface area (Å²) in [5.41, 5.74) is 1.59. The van der Waals surface area contributed by atoms with Crippen molar-refractivity contribution in [3.8, 4) is 0 Å². The molecule has 1 N–H and O–H groups in total.